The molecule has 24 heavy (non-hydrogen) atoms. The third kappa shape index (κ3) is 3.80. The van der Waals surface area contributed by atoms with Crippen molar-refractivity contribution in [2.45, 2.75) is 24.3 Å². The number of benzene rings is 1. The average Bonchev–Trinajstić information content (AvgIpc) is 3.22. The maximum absolute atomic E-state index is 12.4. The van der Waals surface area contributed by atoms with Gasteiger partial charge in [0.25, 0.3) is 11.1 Å². The number of nitrogens with zero attached hydrogens (tertiary/aromatic N) is 2. The van der Waals surface area contributed by atoms with Gasteiger partial charge in [-0.1, -0.05) is 35.5 Å². The normalized spacial score (nSPS) is 12.1. The molecule has 0 saturated carbocycles. The van der Waals surface area contributed by atoms with Crippen molar-refractivity contribution in [2.75, 3.05) is 5.32 Å². The van der Waals surface area contributed by atoms with E-state index in [1.54, 1.807) is 19.1 Å². The zero-order valence-electron chi connectivity index (χ0n) is 12.9. The molecule has 3 aromatic rings. The van der Waals surface area contributed by atoms with E-state index in [1.165, 1.54) is 23.1 Å². The Bertz CT molecular complexity index is 849. The van der Waals surface area contributed by atoms with Gasteiger partial charge in [0.2, 0.25) is 5.91 Å². The van der Waals surface area contributed by atoms with Crippen LogP contribution in [0.15, 0.2) is 45.4 Å². The summed E-state index contributed by atoms with van der Waals surface area (Å²) >= 11 is 8.81. The van der Waals surface area contributed by atoms with E-state index in [-0.39, 0.29) is 11.2 Å². The van der Waals surface area contributed by atoms with Crippen molar-refractivity contribution in [3.63, 3.8) is 0 Å². The van der Waals surface area contributed by atoms with Crippen molar-refractivity contribution in [2.24, 2.45) is 0 Å². The Morgan fingerprint density at radius 2 is 2.17 bits per heavy atom. The average molecular weight is 380 g/mol. The van der Waals surface area contributed by atoms with E-state index < -0.39 is 0 Å². The molecule has 0 aliphatic rings. The second-order valence-electron chi connectivity index (χ2n) is 5.01. The van der Waals surface area contributed by atoms with Crippen LogP contribution in [-0.2, 0) is 4.79 Å². The van der Waals surface area contributed by atoms with Gasteiger partial charge in [0.05, 0.1) is 10.1 Å². The van der Waals surface area contributed by atoms with Crippen LogP contribution in [0.5, 0.6) is 0 Å². The number of anilines is 1. The van der Waals surface area contributed by atoms with Crippen LogP contribution < -0.4 is 5.32 Å². The highest BCUT2D eigenvalue weighted by Crippen LogP contribution is 2.29. The Balaban J connectivity index is 1.65. The van der Waals surface area contributed by atoms with Gasteiger partial charge in [0, 0.05) is 10.7 Å². The van der Waals surface area contributed by atoms with Crippen LogP contribution >= 0.6 is 34.7 Å². The van der Waals surface area contributed by atoms with Crippen molar-refractivity contribution in [1.82, 2.24) is 10.2 Å². The molecule has 0 unspecified atom stereocenters. The molecule has 1 amide bonds. The number of carbonyl (C=O) groups is 1. The molecule has 0 bridgehead atoms. The number of thiophene rings is 1. The molecule has 0 fully saturated rings. The molecule has 2 aromatic heterocycles. The molecule has 3 rings (SSSR count). The molecular weight excluding hydrogens is 366 g/mol. The smallest absolute Gasteiger partial charge is 0.277 e. The number of aromatic nitrogens is 2. The van der Waals surface area contributed by atoms with E-state index in [0.29, 0.717) is 21.8 Å². The van der Waals surface area contributed by atoms with Crippen LogP contribution in [0.1, 0.15) is 12.5 Å². The minimum atomic E-state index is -0.389. The zero-order chi connectivity index (χ0) is 17.1. The predicted molar refractivity (Wildman–Crippen MR) is 97.7 cm³/mol. The summed E-state index contributed by atoms with van der Waals surface area (Å²) in [4.78, 5) is 13.3. The quantitative estimate of drug-likeness (QED) is 0.640. The standard InChI is InChI=1S/C16H14ClN3O2S2/c1-9-11(17)5-3-6-12(9)18-14(21)10(2)24-16-20-19-15(22-16)13-7-4-8-23-13/h3-8,10H,1-2H3,(H,18,21)/t10-/m1/s1. The minimum Gasteiger partial charge on any atom is -0.410 e. The molecule has 8 heteroatoms. The molecule has 1 atom stereocenters. The highest BCUT2D eigenvalue weighted by molar-refractivity contribution is 8.00. The molecule has 1 N–H and O–H groups in total. The summed E-state index contributed by atoms with van der Waals surface area (Å²) in [6, 6.07) is 9.23. The molecule has 0 spiro atoms. The minimum absolute atomic E-state index is 0.152. The van der Waals surface area contributed by atoms with Crippen LogP contribution in [-0.4, -0.2) is 21.4 Å². The number of rotatable bonds is 5. The van der Waals surface area contributed by atoms with Gasteiger partial charge in [-0.25, -0.2) is 0 Å². The Morgan fingerprint density at radius 3 is 2.92 bits per heavy atom. The van der Waals surface area contributed by atoms with E-state index in [0.717, 1.165) is 10.4 Å². The largest absolute Gasteiger partial charge is 0.410 e. The fourth-order valence-corrected chi connectivity index (χ4v) is 3.44. The number of amides is 1. The maximum Gasteiger partial charge on any atom is 0.277 e. The van der Waals surface area contributed by atoms with E-state index >= 15 is 0 Å². The van der Waals surface area contributed by atoms with E-state index in [9.17, 15) is 4.79 Å². The SMILES string of the molecule is Cc1c(Cl)cccc1NC(=O)[C@@H](C)Sc1nnc(-c2cccs2)o1. The molecule has 2 heterocycles. The van der Waals surface area contributed by atoms with Gasteiger partial charge in [0.15, 0.2) is 0 Å². The number of halogens is 1. The summed E-state index contributed by atoms with van der Waals surface area (Å²) in [6.45, 7) is 3.65. The predicted octanol–water partition coefficient (Wildman–Crippen LogP) is 4.88. The van der Waals surface area contributed by atoms with Crippen molar-refractivity contribution in [3.05, 3.63) is 46.3 Å². The van der Waals surface area contributed by atoms with E-state index in [1.807, 2.05) is 30.5 Å². The Morgan fingerprint density at radius 1 is 1.33 bits per heavy atom. The summed E-state index contributed by atoms with van der Waals surface area (Å²) in [7, 11) is 0. The lowest BCUT2D eigenvalue weighted by molar-refractivity contribution is -0.115. The molecule has 5 nitrogen and oxygen atoms in total. The summed E-state index contributed by atoms with van der Waals surface area (Å²) in [6.07, 6.45) is 0. The summed E-state index contributed by atoms with van der Waals surface area (Å²) < 4.78 is 5.59. The zero-order valence-corrected chi connectivity index (χ0v) is 15.3. The highest BCUT2D eigenvalue weighted by Gasteiger charge is 2.19. The van der Waals surface area contributed by atoms with Gasteiger partial charge in [-0.2, -0.15) is 0 Å². The first-order valence-electron chi connectivity index (χ1n) is 7.14. The topological polar surface area (TPSA) is 68.0 Å². The fraction of sp³-hybridized carbons (Fsp3) is 0.188. The van der Waals surface area contributed by atoms with Crippen molar-refractivity contribution < 1.29 is 9.21 Å². The number of thioether (sulfide) groups is 1. The van der Waals surface area contributed by atoms with Crippen molar-refractivity contribution >= 4 is 46.3 Å². The van der Waals surface area contributed by atoms with Crippen molar-refractivity contribution in [3.8, 4) is 10.8 Å². The van der Waals surface area contributed by atoms with Crippen LogP contribution in [0.3, 0.4) is 0 Å². The van der Waals surface area contributed by atoms with Gasteiger partial charge in [-0.3, -0.25) is 4.79 Å². The van der Waals surface area contributed by atoms with Gasteiger partial charge in [-0.05, 0) is 43.0 Å². The second kappa shape index (κ2) is 7.38. The molecule has 0 radical (unpaired) electrons. The fourth-order valence-electron chi connectivity index (χ4n) is 1.94. The van der Waals surface area contributed by atoms with Gasteiger partial charge >= 0.3 is 0 Å². The van der Waals surface area contributed by atoms with Crippen LogP contribution in [0.25, 0.3) is 10.8 Å². The van der Waals surface area contributed by atoms with Crippen LogP contribution in [0.4, 0.5) is 5.69 Å². The molecular formula is C16H14ClN3O2S2. The summed E-state index contributed by atoms with van der Waals surface area (Å²) in [5, 5.41) is 13.4. The number of hydrogen-bond donors (Lipinski definition) is 1. The maximum atomic E-state index is 12.4. The van der Waals surface area contributed by atoms with Crippen LogP contribution in [0.2, 0.25) is 5.02 Å². The third-order valence-electron chi connectivity index (χ3n) is 3.31. The number of nitrogens with one attached hydrogen (secondary N) is 1. The lowest BCUT2D eigenvalue weighted by Crippen LogP contribution is -2.22. The Kier molecular flexibility index (Phi) is 5.23. The van der Waals surface area contributed by atoms with Gasteiger partial charge in [0.1, 0.15) is 0 Å². The van der Waals surface area contributed by atoms with Crippen LogP contribution in [0, 0.1) is 6.92 Å². The third-order valence-corrected chi connectivity index (χ3v) is 5.51. The Hall–Kier alpha value is -1.83. The molecule has 0 saturated heterocycles. The number of hydrogen-bond acceptors (Lipinski definition) is 6. The molecule has 0 aliphatic heterocycles. The lowest BCUT2D eigenvalue weighted by Gasteiger charge is -2.12. The van der Waals surface area contributed by atoms with E-state index in [4.69, 9.17) is 16.0 Å². The van der Waals surface area contributed by atoms with E-state index in [2.05, 4.69) is 15.5 Å². The molecule has 124 valence electrons. The van der Waals surface area contributed by atoms with Crippen molar-refractivity contribution in [1.29, 1.82) is 0 Å². The van der Waals surface area contributed by atoms with Gasteiger partial charge < -0.3 is 9.73 Å². The first-order valence-corrected chi connectivity index (χ1v) is 9.28. The second-order valence-corrected chi connectivity index (χ2v) is 7.66. The number of carbonyl (C=O) groups excluding carboxylic acids is 1. The lowest BCUT2D eigenvalue weighted by atomic mass is 10.2. The molecule has 0 aliphatic carbocycles. The monoisotopic (exact) mass is 379 g/mol. The first kappa shape index (κ1) is 17.0. The highest BCUT2D eigenvalue weighted by atomic mass is 35.5. The first-order chi connectivity index (χ1) is 11.5. The Labute approximate surface area is 152 Å². The summed E-state index contributed by atoms with van der Waals surface area (Å²) in [5.41, 5.74) is 1.53. The van der Waals surface area contributed by atoms with Gasteiger partial charge in [-0.15, -0.1) is 21.5 Å². The summed E-state index contributed by atoms with van der Waals surface area (Å²) in [5.74, 6) is 0.312. The molecule has 1 aromatic carbocycles.